The number of sulfonamides is 1. The van der Waals surface area contributed by atoms with Crippen molar-refractivity contribution in [3.63, 3.8) is 0 Å². The number of rotatable bonds is 10. The normalized spacial score (nSPS) is 15.0. The van der Waals surface area contributed by atoms with Crippen LogP contribution >= 0.6 is 0 Å². The van der Waals surface area contributed by atoms with Gasteiger partial charge in [-0.2, -0.15) is 0 Å². The number of hydrogen-bond donors (Lipinski definition) is 1. The highest BCUT2D eigenvalue weighted by Crippen LogP contribution is 2.30. The van der Waals surface area contributed by atoms with E-state index in [4.69, 9.17) is 0 Å². The first-order chi connectivity index (χ1) is 16.2. The standard InChI is InChI=1S/C25H31N3O5S/c1-4-15-26-24(30)21(5-2)27(17-19-12-10-18(3)11-13-19)23(29)14-16-28-25(31)20-8-6-7-9-22(20)34(28,32)33/h6-13,21H,4-5,14-17H2,1-3H3,(H,26,30)/t21-/m1/s1. The average molecular weight is 486 g/mol. The van der Waals surface area contributed by atoms with Crippen LogP contribution in [0.15, 0.2) is 53.4 Å². The van der Waals surface area contributed by atoms with Crippen LogP contribution in [0.1, 0.15) is 54.6 Å². The van der Waals surface area contributed by atoms with Crippen molar-refractivity contribution in [2.24, 2.45) is 0 Å². The molecule has 0 spiro atoms. The molecular formula is C25H31N3O5S. The predicted molar refractivity (Wildman–Crippen MR) is 128 cm³/mol. The molecule has 34 heavy (non-hydrogen) atoms. The zero-order valence-corrected chi connectivity index (χ0v) is 20.6. The van der Waals surface area contributed by atoms with E-state index in [1.165, 1.54) is 17.0 Å². The summed E-state index contributed by atoms with van der Waals surface area (Å²) >= 11 is 0. The highest BCUT2D eigenvalue weighted by Gasteiger charge is 2.41. The molecule has 1 aliphatic heterocycles. The molecule has 0 bridgehead atoms. The van der Waals surface area contributed by atoms with Crippen LogP contribution in [0.4, 0.5) is 0 Å². The summed E-state index contributed by atoms with van der Waals surface area (Å²) < 4.78 is 26.4. The number of carbonyl (C=O) groups is 3. The quantitative estimate of drug-likeness (QED) is 0.557. The first kappa shape index (κ1) is 25.4. The molecule has 0 fully saturated rings. The van der Waals surface area contributed by atoms with E-state index in [1.807, 2.05) is 45.0 Å². The molecule has 8 nitrogen and oxygen atoms in total. The lowest BCUT2D eigenvalue weighted by Gasteiger charge is -2.31. The molecule has 182 valence electrons. The summed E-state index contributed by atoms with van der Waals surface area (Å²) in [6, 6.07) is 13.0. The third-order valence-corrected chi connectivity index (χ3v) is 7.69. The minimum Gasteiger partial charge on any atom is -0.354 e. The van der Waals surface area contributed by atoms with Crippen molar-refractivity contribution in [3.05, 3.63) is 65.2 Å². The van der Waals surface area contributed by atoms with Gasteiger partial charge in [0, 0.05) is 26.1 Å². The molecule has 0 aromatic heterocycles. The van der Waals surface area contributed by atoms with Gasteiger partial charge in [-0.1, -0.05) is 55.8 Å². The largest absolute Gasteiger partial charge is 0.354 e. The van der Waals surface area contributed by atoms with Gasteiger partial charge in [0.15, 0.2) is 0 Å². The van der Waals surface area contributed by atoms with E-state index in [-0.39, 0.29) is 35.9 Å². The maximum atomic E-state index is 13.4. The monoisotopic (exact) mass is 485 g/mol. The second-order valence-electron chi connectivity index (χ2n) is 8.35. The van der Waals surface area contributed by atoms with Crippen LogP contribution in [-0.4, -0.2) is 54.5 Å². The van der Waals surface area contributed by atoms with Crippen molar-refractivity contribution in [1.29, 1.82) is 0 Å². The first-order valence-corrected chi connectivity index (χ1v) is 12.9. The number of nitrogens with one attached hydrogen (secondary N) is 1. The molecule has 0 unspecified atom stereocenters. The highest BCUT2D eigenvalue weighted by molar-refractivity contribution is 7.90. The molecule has 0 radical (unpaired) electrons. The lowest BCUT2D eigenvalue weighted by Crippen LogP contribution is -2.49. The summed E-state index contributed by atoms with van der Waals surface area (Å²) in [4.78, 5) is 40.3. The molecule has 3 amide bonds. The van der Waals surface area contributed by atoms with E-state index in [0.717, 1.165) is 21.9 Å². The second kappa shape index (κ2) is 10.8. The van der Waals surface area contributed by atoms with Crippen LogP contribution in [0.3, 0.4) is 0 Å². The van der Waals surface area contributed by atoms with E-state index < -0.39 is 27.9 Å². The van der Waals surface area contributed by atoms with Crippen LogP contribution in [0.5, 0.6) is 0 Å². The first-order valence-electron chi connectivity index (χ1n) is 11.5. The molecule has 1 aliphatic rings. The van der Waals surface area contributed by atoms with Gasteiger partial charge in [-0.05, 0) is 37.5 Å². The predicted octanol–water partition coefficient (Wildman–Crippen LogP) is 2.86. The molecule has 0 saturated heterocycles. The van der Waals surface area contributed by atoms with Crippen LogP contribution in [0, 0.1) is 6.92 Å². The number of hydrogen-bond acceptors (Lipinski definition) is 5. The topological polar surface area (TPSA) is 104 Å². The third-order valence-electron chi connectivity index (χ3n) is 5.85. The fourth-order valence-electron chi connectivity index (χ4n) is 3.97. The van der Waals surface area contributed by atoms with E-state index in [1.54, 1.807) is 12.1 Å². The van der Waals surface area contributed by atoms with Gasteiger partial charge in [-0.15, -0.1) is 0 Å². The second-order valence-corrected chi connectivity index (χ2v) is 10.2. The van der Waals surface area contributed by atoms with E-state index in [2.05, 4.69) is 5.32 Å². The van der Waals surface area contributed by atoms with Crippen LogP contribution in [-0.2, 0) is 26.2 Å². The Labute approximate surface area is 201 Å². The molecule has 1 N–H and O–H groups in total. The van der Waals surface area contributed by atoms with Crippen molar-refractivity contribution < 1.29 is 22.8 Å². The molecule has 1 atom stereocenters. The van der Waals surface area contributed by atoms with Gasteiger partial charge in [-0.25, -0.2) is 12.7 Å². The zero-order valence-electron chi connectivity index (χ0n) is 19.8. The highest BCUT2D eigenvalue weighted by atomic mass is 32.2. The molecule has 0 aliphatic carbocycles. The van der Waals surface area contributed by atoms with Crippen molar-refractivity contribution in [3.8, 4) is 0 Å². The Kier molecular flexibility index (Phi) is 8.09. The Balaban J connectivity index is 1.81. The lowest BCUT2D eigenvalue weighted by atomic mass is 10.1. The van der Waals surface area contributed by atoms with Gasteiger partial charge >= 0.3 is 0 Å². The van der Waals surface area contributed by atoms with Crippen LogP contribution in [0.25, 0.3) is 0 Å². The Morgan fingerprint density at radius 1 is 1.06 bits per heavy atom. The van der Waals surface area contributed by atoms with E-state index >= 15 is 0 Å². The Hall–Kier alpha value is -3.20. The average Bonchev–Trinajstić information content (AvgIpc) is 3.02. The summed E-state index contributed by atoms with van der Waals surface area (Å²) in [5, 5.41) is 2.85. The van der Waals surface area contributed by atoms with Crippen molar-refractivity contribution in [2.75, 3.05) is 13.1 Å². The van der Waals surface area contributed by atoms with Crippen LogP contribution in [0.2, 0.25) is 0 Å². The minimum atomic E-state index is -4.00. The zero-order chi connectivity index (χ0) is 24.9. The van der Waals surface area contributed by atoms with Crippen molar-refractivity contribution in [1.82, 2.24) is 14.5 Å². The number of aryl methyl sites for hydroxylation is 1. The molecule has 0 saturated carbocycles. The fraction of sp³-hybridized carbons (Fsp3) is 0.400. The molecule has 2 aromatic carbocycles. The van der Waals surface area contributed by atoms with Gasteiger partial charge in [0.1, 0.15) is 10.9 Å². The van der Waals surface area contributed by atoms with Gasteiger partial charge in [0.2, 0.25) is 11.8 Å². The van der Waals surface area contributed by atoms with Gasteiger partial charge < -0.3 is 10.2 Å². The van der Waals surface area contributed by atoms with Gasteiger partial charge in [0.25, 0.3) is 15.9 Å². The van der Waals surface area contributed by atoms with Crippen LogP contribution < -0.4 is 5.32 Å². The van der Waals surface area contributed by atoms with Gasteiger partial charge in [0.05, 0.1) is 5.56 Å². The van der Waals surface area contributed by atoms with Gasteiger partial charge in [-0.3, -0.25) is 14.4 Å². The lowest BCUT2D eigenvalue weighted by molar-refractivity contribution is -0.141. The van der Waals surface area contributed by atoms with E-state index in [9.17, 15) is 22.8 Å². The Morgan fingerprint density at radius 3 is 2.35 bits per heavy atom. The molecule has 9 heteroatoms. The summed E-state index contributed by atoms with van der Waals surface area (Å²) in [6.07, 6.45) is 0.950. The number of amides is 3. The summed E-state index contributed by atoms with van der Waals surface area (Å²) in [6.45, 7) is 6.16. The molecule has 2 aromatic rings. The fourth-order valence-corrected chi connectivity index (χ4v) is 5.54. The molecular weight excluding hydrogens is 454 g/mol. The third kappa shape index (κ3) is 5.30. The smallest absolute Gasteiger partial charge is 0.269 e. The maximum Gasteiger partial charge on any atom is 0.269 e. The summed E-state index contributed by atoms with van der Waals surface area (Å²) in [5.41, 5.74) is 2.04. The number of benzene rings is 2. The molecule has 3 rings (SSSR count). The Morgan fingerprint density at radius 2 is 1.74 bits per heavy atom. The molecule has 1 heterocycles. The number of fused-ring (bicyclic) bond motifs is 1. The summed E-state index contributed by atoms with van der Waals surface area (Å²) in [7, 11) is -4.00. The van der Waals surface area contributed by atoms with Crippen molar-refractivity contribution in [2.45, 2.75) is 57.5 Å². The van der Waals surface area contributed by atoms with E-state index in [0.29, 0.717) is 13.0 Å². The number of nitrogens with zero attached hydrogens (tertiary/aromatic N) is 2. The van der Waals surface area contributed by atoms with Crippen molar-refractivity contribution >= 4 is 27.7 Å². The summed E-state index contributed by atoms with van der Waals surface area (Å²) in [5.74, 6) is -1.28. The number of carbonyl (C=O) groups excluding carboxylic acids is 3. The maximum absolute atomic E-state index is 13.4. The Bertz CT molecular complexity index is 1160. The minimum absolute atomic E-state index is 0.0469. The SMILES string of the molecule is CCCNC(=O)[C@@H](CC)N(Cc1ccc(C)cc1)C(=O)CCN1C(=O)c2ccccc2S1(=O)=O.